The lowest BCUT2D eigenvalue weighted by molar-refractivity contribution is -0.127. The average Bonchev–Trinajstić information content (AvgIpc) is 3.27. The van der Waals surface area contributed by atoms with Gasteiger partial charge in [-0.2, -0.15) is 20.5 Å². The number of nitrogens with zero attached hydrogens (tertiary/aromatic N) is 4. The quantitative estimate of drug-likeness (QED) is 0.0357. The molecule has 0 saturated carbocycles. The fourth-order valence-corrected chi connectivity index (χ4v) is 7.06. The SMILES string of the molecule is CC(=O)C(N=Nc1cccc(C(=O)Nc2ccccc2C(C)Cl)c1Cl)C(=O)Nc1ccc(NC(=O)C(N=Nc2cccc(C(=O)Nc3ccccc3C(C)Cl)c2Cl)C(C)=O)c(OCCCl)c1. The van der Waals surface area contributed by atoms with Crippen molar-refractivity contribution in [2.45, 2.75) is 50.5 Å². The minimum absolute atomic E-state index is 0.0102. The van der Waals surface area contributed by atoms with Crippen LogP contribution in [0.1, 0.15) is 70.3 Å². The van der Waals surface area contributed by atoms with Crippen molar-refractivity contribution in [2.24, 2.45) is 20.5 Å². The summed E-state index contributed by atoms with van der Waals surface area (Å²) in [6.45, 7) is 5.79. The summed E-state index contributed by atoms with van der Waals surface area (Å²) < 4.78 is 5.74. The van der Waals surface area contributed by atoms with Gasteiger partial charge in [0.15, 0.2) is 11.6 Å². The first-order chi connectivity index (χ1) is 31.5. The van der Waals surface area contributed by atoms with E-state index in [1.807, 2.05) is 0 Å². The number of amides is 4. The van der Waals surface area contributed by atoms with E-state index in [9.17, 15) is 28.8 Å². The minimum Gasteiger partial charge on any atom is -0.490 e. The second-order valence-corrected chi connectivity index (χ2v) is 16.7. The molecule has 4 N–H and O–H groups in total. The van der Waals surface area contributed by atoms with E-state index in [-0.39, 0.29) is 72.9 Å². The molecule has 20 heteroatoms. The Morgan fingerprint density at radius 3 is 1.47 bits per heavy atom. The van der Waals surface area contributed by atoms with E-state index < -0.39 is 47.3 Å². The summed E-state index contributed by atoms with van der Waals surface area (Å²) in [6, 6.07) is 23.7. The van der Waals surface area contributed by atoms with E-state index in [1.165, 1.54) is 54.6 Å². The van der Waals surface area contributed by atoms with Gasteiger partial charge in [0.1, 0.15) is 23.7 Å². The molecule has 4 atom stereocenters. The van der Waals surface area contributed by atoms with Crippen molar-refractivity contribution in [2.75, 3.05) is 33.8 Å². The van der Waals surface area contributed by atoms with Gasteiger partial charge < -0.3 is 26.0 Å². The maximum Gasteiger partial charge on any atom is 0.258 e. The van der Waals surface area contributed by atoms with Crippen molar-refractivity contribution < 1.29 is 33.5 Å². The Morgan fingerprint density at radius 1 is 0.576 bits per heavy atom. The number of halogens is 5. The topological polar surface area (TPSA) is 209 Å². The van der Waals surface area contributed by atoms with Crippen LogP contribution in [-0.4, -0.2) is 59.8 Å². The van der Waals surface area contributed by atoms with Gasteiger partial charge in [-0.05, 0) is 87.4 Å². The number of nitrogens with one attached hydrogen (secondary N) is 4. The molecule has 0 radical (unpaired) electrons. The van der Waals surface area contributed by atoms with Crippen LogP contribution in [0, 0.1) is 0 Å². The van der Waals surface area contributed by atoms with Crippen LogP contribution in [-0.2, 0) is 19.2 Å². The predicted octanol–water partition coefficient (Wildman–Crippen LogP) is 12.1. The highest BCUT2D eigenvalue weighted by Crippen LogP contribution is 2.35. The standard InChI is InChI=1S/C46H41Cl5N8O7/c1-24(48)29-11-5-7-15-33(29)53-43(62)31-13-9-17-36(39(31)50)56-58-41(26(3)60)45(64)52-28-19-20-35(38(23-28)66-22-21-47)55-46(65)42(27(4)61)59-57-37-18-10-14-32(40(37)51)44(63)54-34-16-8-6-12-30(34)25(2)49/h5-20,23-25,41-42H,21-22H2,1-4H3,(H,52,64)(H,53,62)(H,54,63)(H,55,65). The molecular weight excluding hydrogens is 954 g/mol. The number of para-hydroxylation sites is 2. The average molecular weight is 995 g/mol. The van der Waals surface area contributed by atoms with Crippen LogP contribution in [0.3, 0.4) is 0 Å². The summed E-state index contributed by atoms with van der Waals surface area (Å²) in [5.74, 6) is -4.16. The third-order valence-corrected chi connectivity index (χ3v) is 10.8. The van der Waals surface area contributed by atoms with Gasteiger partial charge in [0.05, 0.1) is 43.5 Å². The fourth-order valence-electron chi connectivity index (χ4n) is 6.10. The molecule has 4 unspecified atom stereocenters. The number of alkyl halides is 3. The predicted molar refractivity (Wildman–Crippen MR) is 258 cm³/mol. The lowest BCUT2D eigenvalue weighted by Crippen LogP contribution is -2.32. The number of ether oxygens (including phenoxy) is 1. The molecule has 15 nitrogen and oxygen atoms in total. The number of benzene rings is 5. The highest BCUT2D eigenvalue weighted by Gasteiger charge is 2.27. The largest absolute Gasteiger partial charge is 0.490 e. The van der Waals surface area contributed by atoms with Crippen LogP contribution in [0.15, 0.2) is 124 Å². The first-order valence-corrected chi connectivity index (χ1v) is 22.1. The summed E-state index contributed by atoms with van der Waals surface area (Å²) in [7, 11) is 0. The lowest BCUT2D eigenvalue weighted by Gasteiger charge is -2.16. The third-order valence-electron chi connectivity index (χ3n) is 9.39. The molecule has 0 aliphatic rings. The highest BCUT2D eigenvalue weighted by atomic mass is 35.5. The second kappa shape index (κ2) is 23.8. The van der Waals surface area contributed by atoms with Crippen molar-refractivity contribution in [1.29, 1.82) is 0 Å². The van der Waals surface area contributed by atoms with E-state index in [0.717, 1.165) is 13.8 Å². The number of hydrogen-bond acceptors (Lipinski definition) is 11. The van der Waals surface area contributed by atoms with Crippen LogP contribution in [0.5, 0.6) is 5.75 Å². The molecule has 0 aliphatic carbocycles. The van der Waals surface area contributed by atoms with Gasteiger partial charge in [0.25, 0.3) is 23.6 Å². The highest BCUT2D eigenvalue weighted by molar-refractivity contribution is 6.37. The summed E-state index contributed by atoms with van der Waals surface area (Å²) in [5.41, 5.74) is 2.69. The normalized spacial score (nSPS) is 13.0. The number of hydrogen-bond donors (Lipinski definition) is 4. The van der Waals surface area contributed by atoms with E-state index >= 15 is 0 Å². The summed E-state index contributed by atoms with van der Waals surface area (Å²) in [4.78, 5) is 78.8. The Bertz CT molecular complexity index is 2710. The van der Waals surface area contributed by atoms with Crippen LogP contribution < -0.4 is 26.0 Å². The van der Waals surface area contributed by atoms with Gasteiger partial charge >= 0.3 is 0 Å². The Morgan fingerprint density at radius 2 is 1.03 bits per heavy atom. The molecule has 5 aromatic rings. The van der Waals surface area contributed by atoms with Crippen LogP contribution >= 0.6 is 58.0 Å². The number of Topliss-reactive ketones (excluding diaryl/α,β-unsaturated/α-hetero) is 2. The van der Waals surface area contributed by atoms with E-state index in [0.29, 0.717) is 22.5 Å². The van der Waals surface area contributed by atoms with Crippen LogP contribution in [0.25, 0.3) is 0 Å². The van der Waals surface area contributed by atoms with Gasteiger partial charge in [-0.15, -0.1) is 34.8 Å². The first-order valence-electron chi connectivity index (χ1n) is 19.9. The van der Waals surface area contributed by atoms with Crippen LogP contribution in [0.2, 0.25) is 10.0 Å². The molecule has 0 aromatic heterocycles. The summed E-state index contributed by atoms with van der Waals surface area (Å²) in [6.07, 6.45) is 0. The summed E-state index contributed by atoms with van der Waals surface area (Å²) in [5, 5.41) is 25.8. The maximum atomic E-state index is 13.5. The Kier molecular flexibility index (Phi) is 18.3. The second-order valence-electron chi connectivity index (χ2n) is 14.3. The molecule has 5 aromatic carbocycles. The molecule has 5 rings (SSSR count). The lowest BCUT2D eigenvalue weighted by atomic mass is 10.1. The molecule has 342 valence electrons. The van der Waals surface area contributed by atoms with Crippen LogP contribution in [0.4, 0.5) is 34.1 Å². The Hall–Kier alpha value is -6.23. The molecule has 0 aliphatic heterocycles. The zero-order chi connectivity index (χ0) is 48.1. The van der Waals surface area contributed by atoms with Gasteiger partial charge in [-0.3, -0.25) is 28.8 Å². The van der Waals surface area contributed by atoms with Gasteiger partial charge in [-0.1, -0.05) is 71.7 Å². The molecule has 66 heavy (non-hydrogen) atoms. The number of anilines is 4. The third kappa shape index (κ3) is 13.2. The van der Waals surface area contributed by atoms with Crippen molar-refractivity contribution in [3.05, 3.63) is 135 Å². The smallest absolute Gasteiger partial charge is 0.258 e. The van der Waals surface area contributed by atoms with Gasteiger partial charge in [-0.25, -0.2) is 0 Å². The molecule has 4 amide bonds. The number of carbonyl (C=O) groups is 6. The number of azo groups is 2. The molecule has 0 fully saturated rings. The van der Waals surface area contributed by atoms with Crippen molar-refractivity contribution in [3.8, 4) is 5.75 Å². The molecule has 0 bridgehead atoms. The van der Waals surface area contributed by atoms with Gasteiger partial charge in [0.2, 0.25) is 12.1 Å². The number of ketones is 2. The molecule has 0 saturated heterocycles. The zero-order valence-corrected chi connectivity index (χ0v) is 39.4. The number of carbonyl (C=O) groups excluding carboxylic acids is 6. The van der Waals surface area contributed by atoms with Crippen molar-refractivity contribution in [1.82, 2.24) is 0 Å². The molecule has 0 spiro atoms. The zero-order valence-electron chi connectivity index (χ0n) is 35.6. The van der Waals surface area contributed by atoms with E-state index in [1.54, 1.807) is 62.4 Å². The Labute approximate surface area is 404 Å². The monoisotopic (exact) mass is 992 g/mol. The van der Waals surface area contributed by atoms with E-state index in [4.69, 9.17) is 62.7 Å². The Balaban J connectivity index is 1.30. The number of rotatable bonds is 19. The first kappa shape index (κ1) is 50.8. The van der Waals surface area contributed by atoms with Crippen molar-refractivity contribution >= 4 is 127 Å². The summed E-state index contributed by atoms with van der Waals surface area (Å²) >= 11 is 31.6. The van der Waals surface area contributed by atoms with Crippen molar-refractivity contribution in [3.63, 3.8) is 0 Å². The maximum absolute atomic E-state index is 13.5. The van der Waals surface area contributed by atoms with Gasteiger partial charge in [0, 0.05) is 23.1 Å². The molecular formula is C46H41Cl5N8O7. The fraction of sp³-hybridized carbons (Fsp3) is 0.217. The minimum atomic E-state index is -1.67. The molecule has 0 heterocycles. The van der Waals surface area contributed by atoms with E-state index in [2.05, 4.69) is 41.7 Å².